The van der Waals surface area contributed by atoms with Crippen molar-refractivity contribution in [1.82, 2.24) is 19.5 Å². The molecule has 0 unspecified atom stereocenters. The van der Waals surface area contributed by atoms with Crippen LogP contribution >= 0.6 is 23.2 Å². The fourth-order valence-corrected chi connectivity index (χ4v) is 2.35. The highest BCUT2D eigenvalue weighted by molar-refractivity contribution is 6.41. The molecule has 1 N–H and O–H groups in total. The van der Waals surface area contributed by atoms with E-state index in [2.05, 4.69) is 15.0 Å². The van der Waals surface area contributed by atoms with Crippen LogP contribution in [0.15, 0.2) is 29.6 Å². The van der Waals surface area contributed by atoms with E-state index in [0.717, 1.165) is 5.56 Å². The molecule has 3 rings (SSSR count). The lowest BCUT2D eigenvalue weighted by molar-refractivity contribution is 0.717. The molecule has 0 spiro atoms. The highest BCUT2D eigenvalue weighted by Crippen LogP contribution is 2.29. The number of nitrogens with one attached hydrogen (secondary N) is 1. The van der Waals surface area contributed by atoms with Gasteiger partial charge in [-0.2, -0.15) is 0 Å². The van der Waals surface area contributed by atoms with Crippen molar-refractivity contribution in [3.05, 3.63) is 45.3 Å². The molecule has 0 aromatic carbocycles. The summed E-state index contributed by atoms with van der Waals surface area (Å²) >= 11 is 11.8. The summed E-state index contributed by atoms with van der Waals surface area (Å²) < 4.78 is 1.55. The zero-order chi connectivity index (χ0) is 14.3. The third-order valence-corrected chi connectivity index (χ3v) is 3.79. The Bertz CT molecular complexity index is 853. The van der Waals surface area contributed by atoms with Crippen molar-refractivity contribution >= 4 is 34.2 Å². The van der Waals surface area contributed by atoms with Gasteiger partial charge in [0.05, 0.1) is 16.7 Å². The maximum Gasteiger partial charge on any atom is 0.263 e. The number of aryl methyl sites for hydroxylation is 1. The van der Waals surface area contributed by atoms with E-state index in [0.29, 0.717) is 28.2 Å². The molecule has 3 aromatic rings. The third-order valence-electron chi connectivity index (χ3n) is 3.11. The van der Waals surface area contributed by atoms with Gasteiger partial charge in [0.25, 0.3) is 5.56 Å². The fraction of sp³-hybridized carbons (Fsp3) is 0.154. The van der Waals surface area contributed by atoms with Crippen LogP contribution in [0.1, 0.15) is 6.92 Å². The van der Waals surface area contributed by atoms with Crippen LogP contribution in [0.2, 0.25) is 10.2 Å². The predicted molar refractivity (Wildman–Crippen MR) is 79.3 cm³/mol. The Balaban J connectivity index is 2.31. The highest BCUT2D eigenvalue weighted by Gasteiger charge is 2.13. The molecule has 102 valence electrons. The Hall–Kier alpha value is -1.85. The van der Waals surface area contributed by atoms with Gasteiger partial charge in [-0.25, -0.2) is 9.97 Å². The maximum absolute atomic E-state index is 12.4. The lowest BCUT2D eigenvalue weighted by Gasteiger charge is -2.03. The second-order valence-electron chi connectivity index (χ2n) is 4.26. The molecule has 20 heavy (non-hydrogen) atoms. The van der Waals surface area contributed by atoms with Gasteiger partial charge in [-0.3, -0.25) is 9.36 Å². The first kappa shape index (κ1) is 13.1. The quantitative estimate of drug-likeness (QED) is 0.740. The topological polar surface area (TPSA) is 63.6 Å². The molecule has 0 aliphatic rings. The van der Waals surface area contributed by atoms with E-state index < -0.39 is 0 Å². The molecule has 0 aliphatic carbocycles. The number of aromatic nitrogens is 4. The first-order valence-electron chi connectivity index (χ1n) is 5.99. The number of H-pyrrole nitrogens is 1. The van der Waals surface area contributed by atoms with E-state index in [4.69, 9.17) is 23.2 Å². The van der Waals surface area contributed by atoms with E-state index in [1.807, 2.05) is 6.92 Å². The van der Waals surface area contributed by atoms with Gasteiger partial charge in [0, 0.05) is 30.1 Å². The molecule has 0 atom stereocenters. The van der Waals surface area contributed by atoms with Gasteiger partial charge >= 0.3 is 0 Å². The molecule has 0 fully saturated rings. The van der Waals surface area contributed by atoms with Crippen LogP contribution in [-0.4, -0.2) is 19.5 Å². The smallest absolute Gasteiger partial charge is 0.263 e. The predicted octanol–water partition coefficient (Wildman–Crippen LogP) is 3.11. The van der Waals surface area contributed by atoms with Gasteiger partial charge in [-0.05, 0) is 13.0 Å². The van der Waals surface area contributed by atoms with Gasteiger partial charge in [-0.15, -0.1) is 0 Å². The lowest BCUT2D eigenvalue weighted by atomic mass is 10.1. The number of halogens is 2. The van der Waals surface area contributed by atoms with Crippen LogP contribution in [0.5, 0.6) is 0 Å². The first-order valence-corrected chi connectivity index (χ1v) is 6.75. The van der Waals surface area contributed by atoms with Crippen molar-refractivity contribution in [2.24, 2.45) is 0 Å². The van der Waals surface area contributed by atoms with Crippen LogP contribution in [0.3, 0.4) is 0 Å². The van der Waals surface area contributed by atoms with Crippen LogP contribution < -0.4 is 5.56 Å². The van der Waals surface area contributed by atoms with E-state index in [9.17, 15) is 4.79 Å². The van der Waals surface area contributed by atoms with Crippen molar-refractivity contribution in [3.8, 4) is 11.1 Å². The summed E-state index contributed by atoms with van der Waals surface area (Å²) in [7, 11) is 0. The molecule has 0 saturated carbocycles. The molecule has 0 saturated heterocycles. The summed E-state index contributed by atoms with van der Waals surface area (Å²) in [4.78, 5) is 23.6. The van der Waals surface area contributed by atoms with Crippen LogP contribution in [0.4, 0.5) is 0 Å². The molecule has 3 aromatic heterocycles. The SMILES string of the molecule is CCn1cnc2[nH]cc(-c3cnc(Cl)c(Cl)c3)c2c1=O. The van der Waals surface area contributed by atoms with Crippen molar-refractivity contribution in [1.29, 1.82) is 0 Å². The van der Waals surface area contributed by atoms with Crippen LogP contribution in [0, 0.1) is 0 Å². The van der Waals surface area contributed by atoms with Gasteiger partial charge < -0.3 is 4.98 Å². The van der Waals surface area contributed by atoms with Crippen LogP contribution in [-0.2, 0) is 6.54 Å². The van der Waals surface area contributed by atoms with E-state index in [-0.39, 0.29) is 10.7 Å². The molecule has 0 aliphatic heterocycles. The van der Waals surface area contributed by atoms with E-state index in [1.165, 1.54) is 6.33 Å². The zero-order valence-corrected chi connectivity index (χ0v) is 12.0. The summed E-state index contributed by atoms with van der Waals surface area (Å²) in [5.74, 6) is 0. The normalized spacial score (nSPS) is 11.2. The molecule has 0 radical (unpaired) electrons. The minimum Gasteiger partial charge on any atom is -0.345 e. The van der Waals surface area contributed by atoms with Crippen molar-refractivity contribution in [2.75, 3.05) is 0 Å². The van der Waals surface area contributed by atoms with Gasteiger partial charge in [0.2, 0.25) is 0 Å². The van der Waals surface area contributed by atoms with Crippen molar-refractivity contribution in [2.45, 2.75) is 13.5 Å². The largest absolute Gasteiger partial charge is 0.345 e. The molecule has 0 bridgehead atoms. The third kappa shape index (κ3) is 1.99. The molecule has 5 nitrogen and oxygen atoms in total. The Kier molecular flexibility index (Phi) is 3.23. The average molecular weight is 309 g/mol. The van der Waals surface area contributed by atoms with Crippen LogP contribution in [0.25, 0.3) is 22.2 Å². The molecular weight excluding hydrogens is 299 g/mol. The number of hydrogen-bond acceptors (Lipinski definition) is 3. The van der Waals surface area contributed by atoms with Gasteiger partial charge in [0.15, 0.2) is 0 Å². The standard InChI is InChI=1S/C13H10Cl2N4O/c1-2-19-6-18-12-10(13(19)20)8(5-17-12)7-3-9(14)11(15)16-4-7/h3-6,17H,2H2,1H3. The molecule has 3 heterocycles. The number of hydrogen-bond donors (Lipinski definition) is 1. The second kappa shape index (κ2) is 4.92. The average Bonchev–Trinajstić information content (AvgIpc) is 2.87. The number of fused-ring (bicyclic) bond motifs is 1. The maximum atomic E-state index is 12.4. The Labute approximate surface area is 124 Å². The summed E-state index contributed by atoms with van der Waals surface area (Å²) in [5.41, 5.74) is 1.88. The van der Waals surface area contributed by atoms with Crippen molar-refractivity contribution in [3.63, 3.8) is 0 Å². The minimum atomic E-state index is -0.0974. The molecular formula is C13H10Cl2N4O. The lowest BCUT2D eigenvalue weighted by Crippen LogP contribution is -2.19. The molecule has 0 amide bonds. The number of rotatable bonds is 2. The van der Waals surface area contributed by atoms with Gasteiger partial charge in [0.1, 0.15) is 10.8 Å². The summed E-state index contributed by atoms with van der Waals surface area (Å²) in [5, 5.41) is 1.10. The summed E-state index contributed by atoms with van der Waals surface area (Å²) in [6.07, 6.45) is 4.83. The highest BCUT2D eigenvalue weighted by atomic mass is 35.5. The summed E-state index contributed by atoms with van der Waals surface area (Å²) in [6, 6.07) is 1.68. The fourth-order valence-electron chi connectivity index (χ4n) is 2.08. The monoisotopic (exact) mass is 308 g/mol. The van der Waals surface area contributed by atoms with E-state index >= 15 is 0 Å². The first-order chi connectivity index (χ1) is 9.61. The Morgan fingerprint density at radius 2 is 2.15 bits per heavy atom. The van der Waals surface area contributed by atoms with Crippen molar-refractivity contribution < 1.29 is 0 Å². The molecule has 7 heteroatoms. The Morgan fingerprint density at radius 3 is 2.85 bits per heavy atom. The minimum absolute atomic E-state index is 0.0974. The number of aromatic amines is 1. The number of pyridine rings is 1. The van der Waals surface area contributed by atoms with E-state index in [1.54, 1.807) is 23.0 Å². The zero-order valence-electron chi connectivity index (χ0n) is 10.5. The Morgan fingerprint density at radius 1 is 1.35 bits per heavy atom. The summed E-state index contributed by atoms with van der Waals surface area (Å²) in [6.45, 7) is 2.45. The van der Waals surface area contributed by atoms with Gasteiger partial charge in [-0.1, -0.05) is 23.2 Å². The second-order valence-corrected chi connectivity index (χ2v) is 5.02. The number of nitrogens with zero attached hydrogens (tertiary/aromatic N) is 3.